The largest absolute Gasteiger partial charge is 0.334 e. The van der Waals surface area contributed by atoms with Crippen molar-refractivity contribution in [2.45, 2.75) is 45.2 Å². The third kappa shape index (κ3) is 3.56. The van der Waals surface area contributed by atoms with Gasteiger partial charge in [-0.25, -0.2) is 0 Å². The number of likely N-dealkylation sites (tertiary alicyclic amines) is 1. The van der Waals surface area contributed by atoms with Crippen LogP contribution in [0.4, 0.5) is 0 Å². The number of nitrogens with zero attached hydrogens (tertiary/aromatic N) is 1. The third-order valence-electron chi connectivity index (χ3n) is 3.81. The van der Waals surface area contributed by atoms with E-state index in [1.54, 1.807) is 24.3 Å². The fourth-order valence-corrected chi connectivity index (χ4v) is 3.03. The summed E-state index contributed by atoms with van der Waals surface area (Å²) >= 11 is 11.8. The number of piperidine rings is 1. The van der Waals surface area contributed by atoms with Crippen LogP contribution in [0, 0.1) is 0 Å². The average Bonchev–Trinajstić information content (AvgIpc) is 2.40. The van der Waals surface area contributed by atoms with Gasteiger partial charge in [0.1, 0.15) is 0 Å². The minimum Gasteiger partial charge on any atom is -0.334 e. The van der Waals surface area contributed by atoms with Crippen molar-refractivity contribution in [1.29, 1.82) is 0 Å². The summed E-state index contributed by atoms with van der Waals surface area (Å²) in [5, 5.41) is 1.02. The van der Waals surface area contributed by atoms with Crippen molar-refractivity contribution in [3.63, 3.8) is 0 Å². The maximum atomic E-state index is 12.3. The lowest BCUT2D eigenvalue weighted by Gasteiger charge is -2.38. The molecule has 2 rings (SSSR count). The number of hydrogen-bond acceptors (Lipinski definition) is 1. The van der Waals surface area contributed by atoms with Crippen molar-refractivity contribution in [2.24, 2.45) is 0 Å². The Kier molecular flexibility index (Phi) is 5.11. The Hall–Kier alpha value is -0.990. The highest BCUT2D eigenvalue weighted by atomic mass is 35.5. The maximum Gasteiger partial charge on any atom is 0.247 e. The lowest BCUT2D eigenvalue weighted by Crippen LogP contribution is -2.46. The summed E-state index contributed by atoms with van der Waals surface area (Å²) in [4.78, 5) is 14.3. The van der Waals surface area contributed by atoms with Gasteiger partial charge in [0.05, 0.1) is 10.0 Å². The number of rotatable bonds is 2. The highest BCUT2D eigenvalue weighted by Crippen LogP contribution is 2.24. The Bertz CT molecular complexity index is 517. The molecule has 0 radical (unpaired) electrons. The van der Waals surface area contributed by atoms with E-state index in [-0.39, 0.29) is 5.91 Å². The fraction of sp³-hybridized carbons (Fsp3) is 0.438. The van der Waals surface area contributed by atoms with Gasteiger partial charge < -0.3 is 4.90 Å². The summed E-state index contributed by atoms with van der Waals surface area (Å²) in [5.74, 6) is 0.0655. The molecule has 0 spiro atoms. The van der Waals surface area contributed by atoms with Crippen molar-refractivity contribution < 1.29 is 4.79 Å². The van der Waals surface area contributed by atoms with Crippen LogP contribution in [0.5, 0.6) is 0 Å². The molecule has 1 saturated heterocycles. The summed E-state index contributed by atoms with van der Waals surface area (Å²) in [5.41, 5.74) is 0.880. The number of carbonyl (C=O) groups is 1. The molecule has 1 fully saturated rings. The molecule has 108 valence electrons. The van der Waals surface area contributed by atoms with Gasteiger partial charge in [-0.15, -0.1) is 0 Å². The molecule has 0 aromatic heterocycles. The molecule has 1 heterocycles. The molecule has 0 saturated carbocycles. The van der Waals surface area contributed by atoms with Crippen molar-refractivity contribution in [3.05, 3.63) is 39.9 Å². The molecule has 4 heteroatoms. The zero-order valence-electron chi connectivity index (χ0n) is 11.8. The molecule has 0 N–H and O–H groups in total. The number of amides is 1. The fourth-order valence-electron chi connectivity index (χ4n) is 2.73. The molecule has 2 nitrogen and oxygen atoms in total. The Morgan fingerprint density at radius 3 is 2.45 bits per heavy atom. The molecular weight excluding hydrogens is 293 g/mol. The minimum absolute atomic E-state index is 0.0655. The van der Waals surface area contributed by atoms with Gasteiger partial charge in [0, 0.05) is 18.2 Å². The molecule has 20 heavy (non-hydrogen) atoms. The highest BCUT2D eigenvalue weighted by Gasteiger charge is 2.27. The lowest BCUT2D eigenvalue weighted by molar-refractivity contribution is -0.131. The third-order valence-corrected chi connectivity index (χ3v) is 4.55. The normalized spacial score (nSPS) is 23.3. The quantitative estimate of drug-likeness (QED) is 0.719. The van der Waals surface area contributed by atoms with E-state index in [4.69, 9.17) is 23.2 Å². The van der Waals surface area contributed by atoms with E-state index in [2.05, 4.69) is 13.8 Å². The van der Waals surface area contributed by atoms with Crippen LogP contribution in [0.1, 0.15) is 38.7 Å². The lowest BCUT2D eigenvalue weighted by atomic mass is 9.97. The Morgan fingerprint density at radius 2 is 1.85 bits per heavy atom. The van der Waals surface area contributed by atoms with E-state index < -0.39 is 0 Å². The van der Waals surface area contributed by atoms with Gasteiger partial charge in [0.2, 0.25) is 5.91 Å². The number of halogens is 2. The van der Waals surface area contributed by atoms with Crippen molar-refractivity contribution in [1.82, 2.24) is 4.90 Å². The molecule has 1 aliphatic rings. The first-order chi connectivity index (χ1) is 9.49. The number of benzene rings is 1. The maximum absolute atomic E-state index is 12.3. The molecule has 0 bridgehead atoms. The van der Waals surface area contributed by atoms with Gasteiger partial charge in [0.15, 0.2) is 0 Å². The summed E-state index contributed by atoms with van der Waals surface area (Å²) in [6.45, 7) is 4.22. The zero-order valence-corrected chi connectivity index (χ0v) is 13.3. The van der Waals surface area contributed by atoms with Crippen LogP contribution in [0.2, 0.25) is 10.0 Å². The van der Waals surface area contributed by atoms with Crippen molar-refractivity contribution in [2.75, 3.05) is 0 Å². The van der Waals surface area contributed by atoms with E-state index in [0.29, 0.717) is 22.1 Å². The molecule has 1 aromatic rings. The van der Waals surface area contributed by atoms with Crippen molar-refractivity contribution >= 4 is 35.2 Å². The van der Waals surface area contributed by atoms with Gasteiger partial charge in [-0.3, -0.25) is 4.79 Å². The Labute approximate surface area is 130 Å². The summed E-state index contributed by atoms with van der Waals surface area (Å²) < 4.78 is 0. The first-order valence-electron chi connectivity index (χ1n) is 6.94. The van der Waals surface area contributed by atoms with E-state index >= 15 is 0 Å². The van der Waals surface area contributed by atoms with Crippen LogP contribution in [-0.4, -0.2) is 22.9 Å². The van der Waals surface area contributed by atoms with Crippen LogP contribution in [0.15, 0.2) is 24.3 Å². The van der Waals surface area contributed by atoms with E-state index in [1.807, 2.05) is 11.0 Å². The van der Waals surface area contributed by atoms with Gasteiger partial charge in [-0.05, 0) is 56.9 Å². The van der Waals surface area contributed by atoms with Crippen LogP contribution >= 0.6 is 23.2 Å². The standard InChI is InChI=1S/C16H19Cl2NO/c1-11-4-3-5-12(2)19(11)16(20)9-7-13-6-8-14(17)15(18)10-13/h6-12H,3-5H2,1-2H3/b9-7+. The summed E-state index contributed by atoms with van der Waals surface area (Å²) in [7, 11) is 0. The monoisotopic (exact) mass is 311 g/mol. The molecule has 0 aliphatic carbocycles. The van der Waals surface area contributed by atoms with Crippen molar-refractivity contribution in [3.8, 4) is 0 Å². The molecule has 2 unspecified atom stereocenters. The zero-order chi connectivity index (χ0) is 14.7. The van der Waals surface area contributed by atoms with Crippen LogP contribution < -0.4 is 0 Å². The van der Waals surface area contributed by atoms with Gasteiger partial charge >= 0.3 is 0 Å². The minimum atomic E-state index is 0.0655. The second-order valence-electron chi connectivity index (χ2n) is 5.38. The molecule has 1 aromatic carbocycles. The molecular formula is C16H19Cl2NO. The number of carbonyl (C=O) groups excluding carboxylic acids is 1. The molecule has 2 atom stereocenters. The predicted molar refractivity (Wildman–Crippen MR) is 85.1 cm³/mol. The summed E-state index contributed by atoms with van der Waals surface area (Å²) in [6, 6.07) is 5.97. The van der Waals surface area contributed by atoms with Crippen LogP contribution in [-0.2, 0) is 4.79 Å². The van der Waals surface area contributed by atoms with Gasteiger partial charge in [0.25, 0.3) is 0 Å². The molecule has 1 aliphatic heterocycles. The second-order valence-corrected chi connectivity index (χ2v) is 6.20. The topological polar surface area (TPSA) is 20.3 Å². The van der Waals surface area contributed by atoms with E-state index in [0.717, 1.165) is 18.4 Å². The predicted octanol–water partition coefficient (Wildman–Crippen LogP) is 4.80. The first-order valence-corrected chi connectivity index (χ1v) is 7.70. The van der Waals surface area contributed by atoms with E-state index in [9.17, 15) is 4.79 Å². The Morgan fingerprint density at radius 1 is 1.20 bits per heavy atom. The van der Waals surface area contributed by atoms with Gasteiger partial charge in [-0.1, -0.05) is 29.3 Å². The second kappa shape index (κ2) is 6.64. The summed E-state index contributed by atoms with van der Waals surface area (Å²) in [6.07, 6.45) is 6.77. The SMILES string of the molecule is CC1CCCC(C)N1C(=O)/C=C/c1ccc(Cl)c(Cl)c1. The highest BCUT2D eigenvalue weighted by molar-refractivity contribution is 6.42. The van der Waals surface area contributed by atoms with Crippen LogP contribution in [0.25, 0.3) is 6.08 Å². The molecule has 1 amide bonds. The van der Waals surface area contributed by atoms with Crippen LogP contribution in [0.3, 0.4) is 0 Å². The number of hydrogen-bond donors (Lipinski definition) is 0. The Balaban J connectivity index is 2.09. The first kappa shape index (κ1) is 15.4. The smallest absolute Gasteiger partial charge is 0.247 e. The average molecular weight is 312 g/mol. The van der Waals surface area contributed by atoms with Gasteiger partial charge in [-0.2, -0.15) is 0 Å². The van der Waals surface area contributed by atoms with E-state index in [1.165, 1.54) is 6.42 Å².